The number of alkyl halides is 3. The Labute approximate surface area is 120 Å². The molecule has 2 aromatic rings. The van der Waals surface area contributed by atoms with Gasteiger partial charge in [-0.1, -0.05) is 48.0 Å². The lowest BCUT2D eigenvalue weighted by Crippen LogP contribution is -2.19. The van der Waals surface area contributed by atoms with Gasteiger partial charge >= 0.3 is 6.18 Å². The molecule has 20 heavy (non-hydrogen) atoms. The van der Waals surface area contributed by atoms with Crippen LogP contribution in [0.5, 0.6) is 0 Å². The van der Waals surface area contributed by atoms with Gasteiger partial charge in [0.15, 0.2) is 0 Å². The molecule has 0 fully saturated rings. The zero-order valence-corrected chi connectivity index (χ0v) is 11.2. The molecule has 1 nitrogen and oxygen atoms in total. The van der Waals surface area contributed by atoms with Crippen LogP contribution in [-0.4, -0.2) is 0 Å². The highest BCUT2D eigenvalue weighted by Crippen LogP contribution is 2.35. The van der Waals surface area contributed by atoms with Crippen LogP contribution in [0.15, 0.2) is 48.5 Å². The van der Waals surface area contributed by atoms with E-state index in [9.17, 15) is 13.2 Å². The van der Waals surface area contributed by atoms with Crippen molar-refractivity contribution in [3.63, 3.8) is 0 Å². The minimum Gasteiger partial charge on any atom is -0.324 e. The van der Waals surface area contributed by atoms with Gasteiger partial charge in [-0.3, -0.25) is 0 Å². The lowest BCUT2D eigenvalue weighted by molar-refractivity contribution is -0.138. The molecule has 0 aliphatic carbocycles. The molecule has 5 heteroatoms. The summed E-state index contributed by atoms with van der Waals surface area (Å²) in [6.45, 7) is 0. The van der Waals surface area contributed by atoms with Crippen LogP contribution in [-0.2, 0) is 12.6 Å². The van der Waals surface area contributed by atoms with E-state index in [-0.39, 0.29) is 12.0 Å². The molecule has 106 valence electrons. The van der Waals surface area contributed by atoms with Crippen LogP contribution >= 0.6 is 11.6 Å². The predicted molar refractivity (Wildman–Crippen MR) is 73.5 cm³/mol. The summed E-state index contributed by atoms with van der Waals surface area (Å²) in [5, 5.41) is 0.507. The first-order valence-corrected chi connectivity index (χ1v) is 6.42. The van der Waals surface area contributed by atoms with E-state index in [1.165, 1.54) is 12.1 Å². The number of benzene rings is 2. The summed E-state index contributed by atoms with van der Waals surface area (Å²) in [7, 11) is 0. The van der Waals surface area contributed by atoms with Crippen molar-refractivity contribution in [1.82, 2.24) is 0 Å². The summed E-state index contributed by atoms with van der Waals surface area (Å²) in [6, 6.07) is 11.6. The molecule has 0 radical (unpaired) electrons. The molecule has 0 heterocycles. The van der Waals surface area contributed by atoms with Crippen LogP contribution in [0.4, 0.5) is 13.2 Å². The third-order valence-corrected chi connectivity index (χ3v) is 3.43. The maximum absolute atomic E-state index is 12.9. The number of rotatable bonds is 3. The molecule has 2 aromatic carbocycles. The smallest absolute Gasteiger partial charge is 0.324 e. The van der Waals surface area contributed by atoms with Crippen LogP contribution < -0.4 is 5.73 Å². The maximum Gasteiger partial charge on any atom is 0.416 e. The van der Waals surface area contributed by atoms with Crippen molar-refractivity contribution in [1.29, 1.82) is 0 Å². The third kappa shape index (κ3) is 3.32. The molecule has 0 saturated heterocycles. The highest BCUT2D eigenvalue weighted by Gasteiger charge is 2.34. The molecule has 2 rings (SSSR count). The lowest BCUT2D eigenvalue weighted by Gasteiger charge is -2.18. The number of hydrogen-bond donors (Lipinski definition) is 1. The van der Waals surface area contributed by atoms with Crippen LogP contribution in [0, 0.1) is 0 Å². The van der Waals surface area contributed by atoms with Gasteiger partial charge in [0.05, 0.1) is 5.56 Å². The van der Waals surface area contributed by atoms with Gasteiger partial charge in [0.25, 0.3) is 0 Å². The number of nitrogens with two attached hydrogens (primary N) is 1. The van der Waals surface area contributed by atoms with Gasteiger partial charge in [-0.25, -0.2) is 0 Å². The normalized spacial score (nSPS) is 13.2. The number of halogens is 4. The summed E-state index contributed by atoms with van der Waals surface area (Å²) < 4.78 is 38.8. The Morgan fingerprint density at radius 3 is 2.25 bits per heavy atom. The summed E-state index contributed by atoms with van der Waals surface area (Å²) in [4.78, 5) is 0. The summed E-state index contributed by atoms with van der Waals surface area (Å²) in [5.74, 6) is 0. The minimum absolute atomic E-state index is 0.0833. The van der Waals surface area contributed by atoms with Gasteiger partial charge in [-0.15, -0.1) is 0 Å². The van der Waals surface area contributed by atoms with E-state index < -0.39 is 17.8 Å². The fraction of sp³-hybridized carbons (Fsp3) is 0.200. The Balaban J connectivity index is 2.31. The first-order valence-electron chi connectivity index (χ1n) is 6.04. The molecule has 0 aromatic heterocycles. The average molecular weight is 300 g/mol. The van der Waals surface area contributed by atoms with Gasteiger partial charge in [-0.2, -0.15) is 13.2 Å². The van der Waals surface area contributed by atoms with Crippen molar-refractivity contribution in [2.45, 2.75) is 18.6 Å². The lowest BCUT2D eigenvalue weighted by atomic mass is 9.95. The second-order valence-electron chi connectivity index (χ2n) is 4.49. The van der Waals surface area contributed by atoms with E-state index in [0.717, 1.165) is 11.6 Å². The summed E-state index contributed by atoms with van der Waals surface area (Å²) in [6.07, 6.45) is -4.15. The van der Waals surface area contributed by atoms with Crippen molar-refractivity contribution < 1.29 is 13.2 Å². The molecule has 2 N–H and O–H groups in total. The average Bonchev–Trinajstić information content (AvgIpc) is 2.40. The van der Waals surface area contributed by atoms with Crippen LogP contribution in [0.3, 0.4) is 0 Å². The van der Waals surface area contributed by atoms with E-state index in [1.54, 1.807) is 30.3 Å². The van der Waals surface area contributed by atoms with Crippen molar-refractivity contribution in [3.8, 4) is 0 Å². The Hall–Kier alpha value is -1.52. The van der Waals surface area contributed by atoms with E-state index in [1.807, 2.05) is 0 Å². The molecule has 0 amide bonds. The van der Waals surface area contributed by atoms with Gasteiger partial charge in [0, 0.05) is 11.1 Å². The van der Waals surface area contributed by atoms with E-state index in [4.69, 9.17) is 17.3 Å². The minimum atomic E-state index is -4.41. The summed E-state index contributed by atoms with van der Waals surface area (Å²) in [5.41, 5.74) is 6.06. The topological polar surface area (TPSA) is 26.0 Å². The van der Waals surface area contributed by atoms with Gasteiger partial charge in [0.2, 0.25) is 0 Å². The zero-order chi connectivity index (χ0) is 14.8. The molecule has 1 unspecified atom stereocenters. The Kier molecular flexibility index (Phi) is 4.35. The Morgan fingerprint density at radius 2 is 1.60 bits per heavy atom. The maximum atomic E-state index is 12.9. The standard InChI is InChI=1S/C15H13ClF3N/c16-13-8-4-1-5-10(13)9-14(20)11-6-2-3-7-12(11)15(17,18)19/h1-8,14H,9,20H2. The second-order valence-corrected chi connectivity index (χ2v) is 4.89. The van der Waals surface area contributed by atoms with Crippen molar-refractivity contribution in [3.05, 3.63) is 70.2 Å². The second kappa shape index (κ2) is 5.85. The van der Waals surface area contributed by atoms with Crippen molar-refractivity contribution in [2.24, 2.45) is 5.73 Å². The van der Waals surface area contributed by atoms with Gasteiger partial charge in [-0.05, 0) is 29.7 Å². The summed E-state index contributed by atoms with van der Waals surface area (Å²) >= 11 is 6.01. The van der Waals surface area contributed by atoms with Crippen molar-refractivity contribution in [2.75, 3.05) is 0 Å². The predicted octanol–water partition coefficient (Wildman–Crippen LogP) is 4.60. The van der Waals surface area contributed by atoms with Gasteiger partial charge < -0.3 is 5.73 Å². The monoisotopic (exact) mass is 299 g/mol. The zero-order valence-electron chi connectivity index (χ0n) is 10.5. The largest absolute Gasteiger partial charge is 0.416 e. The van der Waals surface area contributed by atoms with E-state index in [0.29, 0.717) is 5.02 Å². The van der Waals surface area contributed by atoms with Crippen LogP contribution in [0.25, 0.3) is 0 Å². The molecular weight excluding hydrogens is 287 g/mol. The molecule has 0 aliphatic heterocycles. The molecular formula is C15H13ClF3N. The van der Waals surface area contributed by atoms with E-state index >= 15 is 0 Å². The molecule has 1 atom stereocenters. The van der Waals surface area contributed by atoms with Crippen molar-refractivity contribution >= 4 is 11.6 Å². The highest BCUT2D eigenvalue weighted by atomic mass is 35.5. The molecule has 0 bridgehead atoms. The Bertz CT molecular complexity index is 596. The van der Waals surface area contributed by atoms with Gasteiger partial charge in [0.1, 0.15) is 0 Å². The molecule has 0 aliphatic rings. The molecule has 0 saturated carbocycles. The third-order valence-electron chi connectivity index (χ3n) is 3.06. The quantitative estimate of drug-likeness (QED) is 0.880. The number of hydrogen-bond acceptors (Lipinski definition) is 1. The first kappa shape index (κ1) is 14.9. The van der Waals surface area contributed by atoms with E-state index in [2.05, 4.69) is 0 Å². The Morgan fingerprint density at radius 1 is 1.00 bits per heavy atom. The molecule has 0 spiro atoms. The fourth-order valence-electron chi connectivity index (χ4n) is 2.09. The SMILES string of the molecule is NC(Cc1ccccc1Cl)c1ccccc1C(F)(F)F. The fourth-order valence-corrected chi connectivity index (χ4v) is 2.30. The van der Waals surface area contributed by atoms with Crippen LogP contribution in [0.2, 0.25) is 5.02 Å². The highest BCUT2D eigenvalue weighted by molar-refractivity contribution is 6.31. The first-order chi connectivity index (χ1) is 9.39. The van der Waals surface area contributed by atoms with Crippen LogP contribution in [0.1, 0.15) is 22.7 Å².